The predicted molar refractivity (Wildman–Crippen MR) is 153 cm³/mol. The van der Waals surface area contributed by atoms with Crippen molar-refractivity contribution in [2.24, 2.45) is 0 Å². The smallest absolute Gasteiger partial charge is 0.264 e. The molecule has 2 amide bonds. The lowest BCUT2D eigenvalue weighted by molar-refractivity contribution is -0.140. The van der Waals surface area contributed by atoms with Gasteiger partial charge in [-0.25, -0.2) is 8.42 Å². The fourth-order valence-electron chi connectivity index (χ4n) is 4.24. The Bertz CT molecular complexity index is 1320. The Morgan fingerprint density at radius 1 is 0.872 bits per heavy atom. The number of hydrogen-bond acceptors (Lipinski definition) is 5. The van der Waals surface area contributed by atoms with Gasteiger partial charge in [-0.15, -0.1) is 0 Å². The van der Waals surface area contributed by atoms with Crippen LogP contribution in [0.4, 0.5) is 5.69 Å². The van der Waals surface area contributed by atoms with E-state index in [0.717, 1.165) is 16.3 Å². The molecule has 3 aromatic rings. The third kappa shape index (κ3) is 7.60. The Labute approximate surface area is 231 Å². The molecule has 0 spiro atoms. The SMILES string of the molecule is CCCNC(=O)[C@@H](CC)N(Cc1ccccc1)C(=O)CN(c1ccccc1OCC)S(=O)(=O)c1ccccc1. The summed E-state index contributed by atoms with van der Waals surface area (Å²) in [7, 11) is -4.16. The van der Waals surface area contributed by atoms with Crippen LogP contribution < -0.4 is 14.4 Å². The molecule has 3 aromatic carbocycles. The van der Waals surface area contributed by atoms with Gasteiger partial charge in [0.1, 0.15) is 18.3 Å². The molecular formula is C30H37N3O5S. The van der Waals surface area contributed by atoms with Gasteiger partial charge in [-0.3, -0.25) is 13.9 Å². The van der Waals surface area contributed by atoms with Gasteiger partial charge in [0.15, 0.2) is 0 Å². The van der Waals surface area contributed by atoms with E-state index in [1.165, 1.54) is 17.0 Å². The maximum Gasteiger partial charge on any atom is 0.264 e. The van der Waals surface area contributed by atoms with Crippen LogP contribution >= 0.6 is 0 Å². The number of sulfonamides is 1. The maximum atomic E-state index is 14.1. The van der Waals surface area contributed by atoms with Crippen molar-refractivity contribution >= 4 is 27.5 Å². The molecule has 3 rings (SSSR count). The van der Waals surface area contributed by atoms with Crippen molar-refractivity contribution in [1.82, 2.24) is 10.2 Å². The van der Waals surface area contributed by atoms with Crippen molar-refractivity contribution in [3.8, 4) is 5.75 Å². The Hall–Kier alpha value is -3.85. The first-order valence-electron chi connectivity index (χ1n) is 13.2. The summed E-state index contributed by atoms with van der Waals surface area (Å²) in [6.45, 7) is 6.05. The van der Waals surface area contributed by atoms with Gasteiger partial charge >= 0.3 is 0 Å². The van der Waals surface area contributed by atoms with Crippen LogP contribution in [0.25, 0.3) is 0 Å². The van der Waals surface area contributed by atoms with E-state index in [-0.39, 0.29) is 23.0 Å². The van der Waals surface area contributed by atoms with Crippen LogP contribution in [-0.4, -0.2) is 50.9 Å². The lowest BCUT2D eigenvalue weighted by atomic mass is 10.1. The molecule has 0 fully saturated rings. The van der Waals surface area contributed by atoms with Gasteiger partial charge in [-0.05, 0) is 49.6 Å². The Balaban J connectivity index is 2.07. The van der Waals surface area contributed by atoms with Gasteiger partial charge in [0.2, 0.25) is 11.8 Å². The molecule has 0 saturated carbocycles. The Kier molecular flexibility index (Phi) is 10.9. The van der Waals surface area contributed by atoms with Crippen molar-refractivity contribution in [3.63, 3.8) is 0 Å². The number of nitrogens with one attached hydrogen (secondary N) is 1. The summed E-state index contributed by atoms with van der Waals surface area (Å²) < 4.78 is 34.7. The minimum atomic E-state index is -4.16. The van der Waals surface area contributed by atoms with Gasteiger partial charge < -0.3 is 15.0 Å². The molecule has 39 heavy (non-hydrogen) atoms. The normalized spacial score (nSPS) is 11.9. The third-order valence-electron chi connectivity index (χ3n) is 6.17. The van der Waals surface area contributed by atoms with Crippen molar-refractivity contribution in [1.29, 1.82) is 0 Å². The number of nitrogens with zero attached hydrogens (tertiary/aromatic N) is 2. The molecule has 9 heteroatoms. The first-order valence-corrected chi connectivity index (χ1v) is 14.7. The van der Waals surface area contributed by atoms with E-state index in [0.29, 0.717) is 25.3 Å². The number of ether oxygens (including phenoxy) is 1. The highest BCUT2D eigenvalue weighted by Gasteiger charge is 2.34. The van der Waals surface area contributed by atoms with Gasteiger partial charge in [0.05, 0.1) is 17.2 Å². The van der Waals surface area contributed by atoms with Crippen LogP contribution in [0.15, 0.2) is 89.8 Å². The third-order valence-corrected chi connectivity index (χ3v) is 7.95. The van der Waals surface area contributed by atoms with E-state index in [1.54, 1.807) is 49.4 Å². The van der Waals surface area contributed by atoms with E-state index in [4.69, 9.17) is 4.74 Å². The number of carbonyl (C=O) groups excluding carboxylic acids is 2. The summed E-state index contributed by atoms with van der Waals surface area (Å²) in [6, 6.07) is 23.3. The fraction of sp³-hybridized carbons (Fsp3) is 0.333. The van der Waals surface area contributed by atoms with Crippen LogP contribution in [0.1, 0.15) is 39.2 Å². The fourth-order valence-corrected chi connectivity index (χ4v) is 5.69. The maximum absolute atomic E-state index is 14.1. The first-order chi connectivity index (χ1) is 18.8. The second-order valence-electron chi connectivity index (χ2n) is 8.95. The van der Waals surface area contributed by atoms with Crippen LogP contribution in [0.5, 0.6) is 5.75 Å². The van der Waals surface area contributed by atoms with Crippen molar-refractivity contribution in [2.45, 2.75) is 51.1 Å². The standard InChI is InChI=1S/C30H37N3O5S/c1-4-21-31-30(35)26(5-2)32(22-24-15-9-7-10-16-24)29(34)23-33(27-19-13-14-20-28(27)38-6-3)39(36,37)25-17-11-8-12-18-25/h7-20,26H,4-6,21-23H2,1-3H3,(H,31,35)/t26-/m1/s1. The minimum Gasteiger partial charge on any atom is -0.492 e. The molecule has 0 radical (unpaired) electrons. The van der Waals surface area contributed by atoms with Crippen LogP contribution in [0.2, 0.25) is 0 Å². The highest BCUT2D eigenvalue weighted by Crippen LogP contribution is 2.33. The van der Waals surface area contributed by atoms with Crippen LogP contribution in [0.3, 0.4) is 0 Å². The lowest BCUT2D eigenvalue weighted by Gasteiger charge is -2.33. The Morgan fingerprint density at radius 2 is 1.49 bits per heavy atom. The zero-order chi connectivity index (χ0) is 28.3. The average Bonchev–Trinajstić information content (AvgIpc) is 2.96. The summed E-state index contributed by atoms with van der Waals surface area (Å²) in [6.07, 6.45) is 1.13. The minimum absolute atomic E-state index is 0.0476. The predicted octanol–water partition coefficient (Wildman–Crippen LogP) is 4.61. The lowest BCUT2D eigenvalue weighted by Crippen LogP contribution is -2.52. The molecule has 8 nitrogen and oxygen atoms in total. The number of para-hydroxylation sites is 2. The zero-order valence-corrected chi connectivity index (χ0v) is 23.6. The van der Waals surface area contributed by atoms with Gasteiger partial charge in [0, 0.05) is 13.1 Å². The second kappa shape index (κ2) is 14.3. The number of benzene rings is 3. The topological polar surface area (TPSA) is 96.0 Å². The quantitative estimate of drug-likeness (QED) is 0.316. The monoisotopic (exact) mass is 551 g/mol. The molecular weight excluding hydrogens is 514 g/mol. The molecule has 0 aliphatic heterocycles. The number of carbonyl (C=O) groups is 2. The second-order valence-corrected chi connectivity index (χ2v) is 10.8. The van der Waals surface area contributed by atoms with Crippen molar-refractivity contribution in [2.75, 3.05) is 24.0 Å². The summed E-state index contributed by atoms with van der Waals surface area (Å²) in [4.78, 5) is 28.7. The van der Waals surface area contributed by atoms with E-state index < -0.39 is 28.5 Å². The molecule has 0 bridgehead atoms. The first kappa shape index (κ1) is 29.7. The highest BCUT2D eigenvalue weighted by atomic mass is 32.2. The highest BCUT2D eigenvalue weighted by molar-refractivity contribution is 7.92. The van der Waals surface area contributed by atoms with Gasteiger partial charge in [0.25, 0.3) is 10.0 Å². The summed E-state index contributed by atoms with van der Waals surface area (Å²) >= 11 is 0. The summed E-state index contributed by atoms with van der Waals surface area (Å²) in [5.41, 5.74) is 1.08. The summed E-state index contributed by atoms with van der Waals surface area (Å²) in [5.74, 6) is -0.423. The molecule has 0 aliphatic rings. The molecule has 0 aliphatic carbocycles. The molecule has 0 saturated heterocycles. The van der Waals surface area contributed by atoms with Crippen LogP contribution in [-0.2, 0) is 26.2 Å². The van der Waals surface area contributed by atoms with Gasteiger partial charge in [-0.1, -0.05) is 74.5 Å². The molecule has 1 N–H and O–H groups in total. The average molecular weight is 552 g/mol. The number of rotatable bonds is 14. The largest absolute Gasteiger partial charge is 0.492 e. The molecule has 0 heterocycles. The van der Waals surface area contributed by atoms with Crippen LogP contribution in [0, 0.1) is 0 Å². The van der Waals surface area contributed by atoms with Crippen molar-refractivity contribution < 1.29 is 22.7 Å². The van der Waals surface area contributed by atoms with Gasteiger partial charge in [-0.2, -0.15) is 0 Å². The molecule has 0 unspecified atom stereocenters. The molecule has 0 aromatic heterocycles. The van der Waals surface area contributed by atoms with E-state index in [1.807, 2.05) is 44.2 Å². The van der Waals surface area contributed by atoms with Crippen molar-refractivity contribution in [3.05, 3.63) is 90.5 Å². The number of amides is 2. The zero-order valence-electron chi connectivity index (χ0n) is 22.7. The van der Waals surface area contributed by atoms with E-state index >= 15 is 0 Å². The molecule has 208 valence electrons. The summed E-state index contributed by atoms with van der Waals surface area (Å²) in [5, 5.41) is 2.89. The Morgan fingerprint density at radius 3 is 2.10 bits per heavy atom. The number of hydrogen-bond donors (Lipinski definition) is 1. The van der Waals surface area contributed by atoms with E-state index in [9.17, 15) is 18.0 Å². The van der Waals surface area contributed by atoms with E-state index in [2.05, 4.69) is 5.32 Å². The number of anilines is 1. The molecule has 1 atom stereocenters.